The van der Waals surface area contributed by atoms with Crippen molar-refractivity contribution in [2.24, 2.45) is 0 Å². The molecule has 0 amide bonds. The van der Waals surface area contributed by atoms with E-state index in [2.05, 4.69) is 15.5 Å². The van der Waals surface area contributed by atoms with E-state index >= 15 is 0 Å². The van der Waals surface area contributed by atoms with E-state index in [4.69, 9.17) is 0 Å². The van der Waals surface area contributed by atoms with Gasteiger partial charge in [-0.1, -0.05) is 12.1 Å². The summed E-state index contributed by atoms with van der Waals surface area (Å²) in [6.07, 6.45) is 0. The Balaban J connectivity index is 2.11. The summed E-state index contributed by atoms with van der Waals surface area (Å²) in [5, 5.41) is 22.2. The van der Waals surface area contributed by atoms with Gasteiger partial charge in [-0.15, -0.1) is 15.0 Å². The molecule has 1 heterocycles. The van der Waals surface area contributed by atoms with Crippen LogP contribution in [0.1, 0.15) is 12.5 Å². The average molecular weight is 268 g/mol. The number of fused-ring (bicyclic) bond motifs is 1. The Hall–Kier alpha value is -2.56. The zero-order valence-electron chi connectivity index (χ0n) is 11.5. The summed E-state index contributed by atoms with van der Waals surface area (Å²) in [5.41, 5.74) is 4.16. The second-order valence-electron chi connectivity index (χ2n) is 4.66. The van der Waals surface area contributed by atoms with Gasteiger partial charge in [0.15, 0.2) is 0 Å². The zero-order valence-corrected chi connectivity index (χ0v) is 11.5. The number of aromatic nitrogens is 3. The Morgan fingerprint density at radius 2 is 1.80 bits per heavy atom. The van der Waals surface area contributed by atoms with Gasteiger partial charge in [0.1, 0.15) is 22.5 Å². The molecule has 3 rings (SSSR count). The van der Waals surface area contributed by atoms with Gasteiger partial charge in [0.2, 0.25) is 0 Å². The summed E-state index contributed by atoms with van der Waals surface area (Å²) in [6, 6.07) is 11.2. The predicted octanol–water partition coefficient (Wildman–Crippen LogP) is 2.87. The largest absolute Gasteiger partial charge is 0.506 e. The summed E-state index contributed by atoms with van der Waals surface area (Å²) in [7, 11) is 0. The van der Waals surface area contributed by atoms with Crippen LogP contribution in [-0.4, -0.2) is 26.6 Å². The number of rotatable bonds is 3. The highest BCUT2D eigenvalue weighted by Gasteiger charge is 2.11. The number of phenols is 1. The lowest BCUT2D eigenvalue weighted by Crippen LogP contribution is -2.03. The van der Waals surface area contributed by atoms with E-state index in [0.29, 0.717) is 5.69 Å². The van der Waals surface area contributed by atoms with Crippen molar-refractivity contribution in [1.29, 1.82) is 0 Å². The molecule has 5 nitrogen and oxygen atoms in total. The van der Waals surface area contributed by atoms with Crippen molar-refractivity contribution in [1.82, 2.24) is 15.0 Å². The van der Waals surface area contributed by atoms with Crippen molar-refractivity contribution in [2.45, 2.75) is 13.8 Å². The van der Waals surface area contributed by atoms with Crippen molar-refractivity contribution in [3.63, 3.8) is 0 Å². The second kappa shape index (κ2) is 4.85. The first-order chi connectivity index (χ1) is 9.69. The molecule has 0 aliphatic carbocycles. The summed E-state index contributed by atoms with van der Waals surface area (Å²) < 4.78 is 0. The molecule has 0 aliphatic rings. The van der Waals surface area contributed by atoms with Crippen LogP contribution < -0.4 is 5.32 Å². The van der Waals surface area contributed by atoms with Crippen molar-refractivity contribution in [3.8, 4) is 11.4 Å². The number of aryl methyl sites for hydroxylation is 1. The molecule has 0 unspecified atom stereocenters. The fourth-order valence-corrected chi connectivity index (χ4v) is 2.19. The molecular formula is C15H16N4O. The van der Waals surface area contributed by atoms with Crippen LogP contribution in [0.15, 0.2) is 36.4 Å². The molecule has 0 spiro atoms. The van der Waals surface area contributed by atoms with Crippen LogP contribution in [0.3, 0.4) is 0 Å². The van der Waals surface area contributed by atoms with E-state index in [1.807, 2.05) is 44.2 Å². The molecule has 3 aromatic rings. The Morgan fingerprint density at radius 1 is 1.15 bits per heavy atom. The van der Waals surface area contributed by atoms with Gasteiger partial charge < -0.3 is 10.4 Å². The molecule has 2 aromatic carbocycles. The minimum atomic E-state index is 0.159. The predicted molar refractivity (Wildman–Crippen MR) is 79.4 cm³/mol. The van der Waals surface area contributed by atoms with Crippen LogP contribution in [0.2, 0.25) is 0 Å². The highest BCUT2D eigenvalue weighted by Crippen LogP contribution is 2.28. The van der Waals surface area contributed by atoms with Crippen molar-refractivity contribution in [3.05, 3.63) is 42.0 Å². The van der Waals surface area contributed by atoms with Crippen LogP contribution in [0.5, 0.6) is 5.75 Å². The maximum absolute atomic E-state index is 10.2. The molecule has 102 valence electrons. The third-order valence-corrected chi connectivity index (χ3v) is 3.19. The highest BCUT2D eigenvalue weighted by atomic mass is 16.3. The van der Waals surface area contributed by atoms with Crippen LogP contribution in [0.25, 0.3) is 16.7 Å². The first-order valence-electron chi connectivity index (χ1n) is 6.59. The number of phenolic OH excluding ortho intramolecular Hbond substituents is 1. The first kappa shape index (κ1) is 12.5. The minimum absolute atomic E-state index is 0.159. The smallest absolute Gasteiger partial charge is 0.145 e. The Kier molecular flexibility index (Phi) is 3.02. The molecule has 5 heteroatoms. The molecular weight excluding hydrogens is 252 g/mol. The molecule has 0 aliphatic heterocycles. The lowest BCUT2D eigenvalue weighted by atomic mass is 10.1. The third-order valence-electron chi connectivity index (χ3n) is 3.19. The summed E-state index contributed by atoms with van der Waals surface area (Å²) in [5.74, 6) is 0.159. The average Bonchev–Trinajstić information content (AvgIpc) is 2.86. The summed E-state index contributed by atoms with van der Waals surface area (Å²) in [4.78, 5) is 1.47. The molecule has 0 radical (unpaired) electrons. The number of hydrogen-bond acceptors (Lipinski definition) is 4. The maximum Gasteiger partial charge on any atom is 0.145 e. The SMILES string of the molecule is CCNc1cc(O)c(-n2nc3ccccc3n2)cc1C. The van der Waals surface area contributed by atoms with E-state index in [1.54, 1.807) is 6.07 Å². The summed E-state index contributed by atoms with van der Waals surface area (Å²) in [6.45, 7) is 4.82. The normalized spacial score (nSPS) is 10.9. The molecule has 2 N–H and O–H groups in total. The number of hydrogen-bond donors (Lipinski definition) is 2. The van der Waals surface area contributed by atoms with Gasteiger partial charge in [-0.25, -0.2) is 0 Å². The lowest BCUT2D eigenvalue weighted by Gasteiger charge is -2.11. The monoisotopic (exact) mass is 268 g/mol. The van der Waals surface area contributed by atoms with Gasteiger partial charge in [-0.05, 0) is 37.6 Å². The van der Waals surface area contributed by atoms with Crippen LogP contribution in [0, 0.1) is 6.92 Å². The number of nitrogens with zero attached hydrogens (tertiary/aromatic N) is 3. The van der Waals surface area contributed by atoms with E-state index in [0.717, 1.165) is 28.8 Å². The number of anilines is 1. The number of aromatic hydroxyl groups is 1. The van der Waals surface area contributed by atoms with Gasteiger partial charge in [0.05, 0.1) is 0 Å². The molecule has 20 heavy (non-hydrogen) atoms. The molecule has 0 saturated heterocycles. The number of benzene rings is 2. The Labute approximate surface area is 116 Å². The van der Waals surface area contributed by atoms with E-state index < -0.39 is 0 Å². The van der Waals surface area contributed by atoms with Gasteiger partial charge >= 0.3 is 0 Å². The minimum Gasteiger partial charge on any atom is -0.506 e. The summed E-state index contributed by atoms with van der Waals surface area (Å²) >= 11 is 0. The molecule has 1 aromatic heterocycles. The van der Waals surface area contributed by atoms with Crippen LogP contribution in [-0.2, 0) is 0 Å². The highest BCUT2D eigenvalue weighted by molar-refractivity contribution is 5.74. The van der Waals surface area contributed by atoms with Crippen LogP contribution in [0.4, 0.5) is 5.69 Å². The first-order valence-corrected chi connectivity index (χ1v) is 6.59. The fourth-order valence-electron chi connectivity index (χ4n) is 2.19. The Bertz CT molecular complexity index is 731. The van der Waals surface area contributed by atoms with Gasteiger partial charge in [0.25, 0.3) is 0 Å². The van der Waals surface area contributed by atoms with Gasteiger partial charge in [-0.3, -0.25) is 0 Å². The van der Waals surface area contributed by atoms with Crippen molar-refractivity contribution in [2.75, 3.05) is 11.9 Å². The standard InChI is InChI=1S/C15H16N4O/c1-3-16-13-9-15(20)14(8-10(13)2)19-17-11-6-4-5-7-12(11)18-19/h4-9,16,20H,3H2,1-2H3. The van der Waals surface area contributed by atoms with Gasteiger partial charge in [-0.2, -0.15) is 0 Å². The zero-order chi connectivity index (χ0) is 14.1. The van der Waals surface area contributed by atoms with Crippen molar-refractivity contribution >= 4 is 16.7 Å². The topological polar surface area (TPSA) is 63.0 Å². The molecule has 0 saturated carbocycles. The fraction of sp³-hybridized carbons (Fsp3) is 0.200. The van der Waals surface area contributed by atoms with Gasteiger partial charge in [0, 0.05) is 18.3 Å². The molecule has 0 fully saturated rings. The molecule has 0 bridgehead atoms. The number of nitrogens with one attached hydrogen (secondary N) is 1. The Morgan fingerprint density at radius 3 is 2.40 bits per heavy atom. The second-order valence-corrected chi connectivity index (χ2v) is 4.66. The van der Waals surface area contributed by atoms with E-state index in [9.17, 15) is 5.11 Å². The lowest BCUT2D eigenvalue weighted by molar-refractivity contribution is 0.468. The maximum atomic E-state index is 10.2. The quantitative estimate of drug-likeness (QED) is 0.766. The van der Waals surface area contributed by atoms with E-state index in [-0.39, 0.29) is 5.75 Å². The van der Waals surface area contributed by atoms with Crippen molar-refractivity contribution < 1.29 is 5.11 Å². The van der Waals surface area contributed by atoms with Crippen LogP contribution >= 0.6 is 0 Å². The van der Waals surface area contributed by atoms with E-state index in [1.165, 1.54) is 4.80 Å². The molecule has 0 atom stereocenters. The third kappa shape index (κ3) is 2.07.